The largest absolute Gasteiger partial charge is 0.368 e. The summed E-state index contributed by atoms with van der Waals surface area (Å²) in [5, 5.41) is 5.82. The van der Waals surface area contributed by atoms with Gasteiger partial charge in [-0.3, -0.25) is 19.2 Å². The number of amides is 3. The van der Waals surface area contributed by atoms with Gasteiger partial charge in [0.1, 0.15) is 10.7 Å². The first-order valence-corrected chi connectivity index (χ1v) is 10.5. The Morgan fingerprint density at radius 1 is 1.13 bits per heavy atom. The first-order valence-electron chi connectivity index (χ1n) is 9.65. The third-order valence-electron chi connectivity index (χ3n) is 4.81. The summed E-state index contributed by atoms with van der Waals surface area (Å²) in [5.41, 5.74) is 6.96. The number of aromatic nitrogens is 2. The van der Waals surface area contributed by atoms with E-state index in [1.165, 1.54) is 11.3 Å². The molecule has 0 aliphatic carbocycles. The first-order chi connectivity index (χ1) is 14.7. The van der Waals surface area contributed by atoms with Crippen LogP contribution in [0.25, 0.3) is 10.2 Å². The molecule has 31 heavy (non-hydrogen) atoms. The van der Waals surface area contributed by atoms with Gasteiger partial charge in [-0.15, -0.1) is 11.3 Å². The summed E-state index contributed by atoms with van der Waals surface area (Å²) < 4.78 is 0. The Labute approximate surface area is 182 Å². The van der Waals surface area contributed by atoms with Crippen molar-refractivity contribution in [3.63, 3.8) is 0 Å². The highest BCUT2D eigenvalue weighted by Gasteiger charge is 2.13. The molecule has 1 aromatic carbocycles. The summed E-state index contributed by atoms with van der Waals surface area (Å²) in [6.07, 6.45) is 0.511. The molecule has 10 heteroatoms. The highest BCUT2D eigenvalue weighted by Crippen LogP contribution is 2.25. The first kappa shape index (κ1) is 22.2. The Kier molecular flexibility index (Phi) is 6.81. The SMILES string of the molecule is Cc1sc2nc(CCC(=O)NCc3ccc(C(=O)NCC(N)=O)cc3)[nH]c(=O)c2c1C. The van der Waals surface area contributed by atoms with Crippen molar-refractivity contribution in [3.8, 4) is 0 Å². The second-order valence-electron chi connectivity index (χ2n) is 7.10. The molecule has 0 atom stereocenters. The predicted octanol–water partition coefficient (Wildman–Crippen LogP) is 1.07. The average Bonchev–Trinajstić information content (AvgIpc) is 3.03. The third kappa shape index (κ3) is 5.54. The Bertz CT molecular complexity index is 1200. The maximum absolute atomic E-state index is 12.3. The number of benzene rings is 1. The van der Waals surface area contributed by atoms with Gasteiger partial charge in [0, 0.05) is 29.8 Å². The maximum atomic E-state index is 12.3. The topological polar surface area (TPSA) is 147 Å². The van der Waals surface area contributed by atoms with E-state index in [-0.39, 0.29) is 24.4 Å². The lowest BCUT2D eigenvalue weighted by Gasteiger charge is -2.07. The summed E-state index contributed by atoms with van der Waals surface area (Å²) in [4.78, 5) is 56.0. The van der Waals surface area contributed by atoms with Crippen LogP contribution in [0.2, 0.25) is 0 Å². The van der Waals surface area contributed by atoms with Gasteiger partial charge in [-0.2, -0.15) is 0 Å². The molecule has 3 rings (SSSR count). The van der Waals surface area contributed by atoms with E-state index in [1.807, 2.05) is 13.8 Å². The molecule has 0 unspecified atom stereocenters. The van der Waals surface area contributed by atoms with E-state index in [0.29, 0.717) is 34.6 Å². The standard InChI is InChI=1S/C21H23N5O4S/c1-11-12(2)31-21-18(11)20(30)25-16(26-21)7-8-17(28)23-9-13-3-5-14(6-4-13)19(29)24-10-15(22)27/h3-6H,7-10H2,1-2H3,(H2,22,27)(H,23,28)(H,24,29)(H,25,26,30). The number of thiophene rings is 1. The number of rotatable bonds is 8. The number of primary amides is 1. The second kappa shape index (κ2) is 9.52. The van der Waals surface area contributed by atoms with E-state index < -0.39 is 11.8 Å². The highest BCUT2D eigenvalue weighted by atomic mass is 32.1. The van der Waals surface area contributed by atoms with Crippen LogP contribution in [0.15, 0.2) is 29.1 Å². The zero-order valence-corrected chi connectivity index (χ0v) is 18.0. The van der Waals surface area contributed by atoms with Gasteiger partial charge in [-0.1, -0.05) is 12.1 Å². The van der Waals surface area contributed by atoms with Crippen molar-refractivity contribution in [1.29, 1.82) is 0 Å². The Balaban J connectivity index is 1.51. The van der Waals surface area contributed by atoms with Crippen molar-refractivity contribution >= 4 is 39.3 Å². The number of H-pyrrole nitrogens is 1. The minimum Gasteiger partial charge on any atom is -0.368 e. The molecule has 2 aromatic heterocycles. The van der Waals surface area contributed by atoms with E-state index >= 15 is 0 Å². The second-order valence-corrected chi connectivity index (χ2v) is 8.30. The minimum atomic E-state index is -0.618. The molecular weight excluding hydrogens is 418 g/mol. The summed E-state index contributed by atoms with van der Waals surface area (Å²) >= 11 is 1.47. The number of aromatic amines is 1. The number of hydrogen-bond donors (Lipinski definition) is 4. The van der Waals surface area contributed by atoms with Crippen molar-refractivity contribution in [2.24, 2.45) is 5.73 Å². The molecule has 3 amide bonds. The number of nitrogens with one attached hydrogen (secondary N) is 3. The van der Waals surface area contributed by atoms with Gasteiger partial charge in [0.15, 0.2) is 0 Å². The number of nitrogens with two attached hydrogens (primary N) is 1. The molecule has 0 fully saturated rings. The summed E-state index contributed by atoms with van der Waals surface area (Å²) in [6, 6.07) is 6.64. The monoisotopic (exact) mass is 441 g/mol. The lowest BCUT2D eigenvalue weighted by molar-refractivity contribution is -0.121. The summed E-state index contributed by atoms with van der Waals surface area (Å²) in [6.45, 7) is 3.93. The molecule has 0 radical (unpaired) electrons. The Morgan fingerprint density at radius 2 is 1.84 bits per heavy atom. The lowest BCUT2D eigenvalue weighted by Crippen LogP contribution is -2.33. The predicted molar refractivity (Wildman–Crippen MR) is 118 cm³/mol. The number of nitrogens with zero attached hydrogens (tertiary/aromatic N) is 1. The number of carbonyl (C=O) groups is 3. The third-order valence-corrected chi connectivity index (χ3v) is 5.91. The van der Waals surface area contributed by atoms with Crippen molar-refractivity contribution < 1.29 is 14.4 Å². The molecule has 2 heterocycles. The van der Waals surface area contributed by atoms with Gasteiger partial charge < -0.3 is 21.4 Å². The van der Waals surface area contributed by atoms with Crippen LogP contribution >= 0.6 is 11.3 Å². The number of fused-ring (bicyclic) bond motifs is 1. The van der Waals surface area contributed by atoms with Gasteiger partial charge in [0.2, 0.25) is 11.8 Å². The van der Waals surface area contributed by atoms with E-state index in [9.17, 15) is 19.2 Å². The summed E-state index contributed by atoms with van der Waals surface area (Å²) in [5.74, 6) is -0.707. The van der Waals surface area contributed by atoms with Crippen LogP contribution in [0.1, 0.15) is 38.6 Å². The van der Waals surface area contributed by atoms with E-state index in [1.54, 1.807) is 24.3 Å². The van der Waals surface area contributed by atoms with E-state index in [0.717, 1.165) is 16.0 Å². The molecule has 0 saturated heterocycles. The molecule has 0 bridgehead atoms. The fourth-order valence-electron chi connectivity index (χ4n) is 2.98. The van der Waals surface area contributed by atoms with Gasteiger partial charge in [0.05, 0.1) is 11.9 Å². The number of hydrogen-bond acceptors (Lipinski definition) is 6. The average molecular weight is 442 g/mol. The molecular formula is C21H23N5O4S. The molecule has 0 aliphatic rings. The van der Waals surface area contributed by atoms with Gasteiger partial charge in [0.25, 0.3) is 11.5 Å². The lowest BCUT2D eigenvalue weighted by atomic mass is 10.1. The maximum Gasteiger partial charge on any atom is 0.259 e. The van der Waals surface area contributed by atoms with E-state index in [4.69, 9.17) is 5.73 Å². The number of carbonyl (C=O) groups excluding carboxylic acids is 3. The molecule has 3 aromatic rings. The van der Waals surface area contributed by atoms with Crippen LogP contribution in [0.3, 0.4) is 0 Å². The smallest absolute Gasteiger partial charge is 0.259 e. The van der Waals surface area contributed by atoms with Crippen molar-refractivity contribution in [2.45, 2.75) is 33.2 Å². The van der Waals surface area contributed by atoms with Crippen LogP contribution in [0, 0.1) is 13.8 Å². The van der Waals surface area contributed by atoms with Crippen LogP contribution in [0.4, 0.5) is 0 Å². The normalized spacial score (nSPS) is 10.8. The minimum absolute atomic E-state index is 0.176. The quantitative estimate of drug-likeness (QED) is 0.413. The zero-order chi connectivity index (χ0) is 22.5. The fourth-order valence-corrected chi connectivity index (χ4v) is 4.03. The Hall–Kier alpha value is -3.53. The zero-order valence-electron chi connectivity index (χ0n) is 17.2. The van der Waals surface area contributed by atoms with Crippen molar-refractivity contribution in [2.75, 3.05) is 6.54 Å². The van der Waals surface area contributed by atoms with E-state index in [2.05, 4.69) is 20.6 Å². The van der Waals surface area contributed by atoms with Crippen LogP contribution in [0.5, 0.6) is 0 Å². The van der Waals surface area contributed by atoms with Gasteiger partial charge in [-0.05, 0) is 37.1 Å². The highest BCUT2D eigenvalue weighted by molar-refractivity contribution is 7.18. The van der Waals surface area contributed by atoms with Crippen LogP contribution < -0.4 is 21.9 Å². The van der Waals surface area contributed by atoms with Crippen LogP contribution in [-0.4, -0.2) is 34.2 Å². The molecule has 162 valence electrons. The number of aryl methyl sites for hydroxylation is 3. The summed E-state index contributed by atoms with van der Waals surface area (Å²) in [7, 11) is 0. The molecule has 9 nitrogen and oxygen atoms in total. The fraction of sp³-hybridized carbons (Fsp3) is 0.286. The molecule has 0 spiro atoms. The molecule has 5 N–H and O–H groups in total. The van der Waals surface area contributed by atoms with Crippen LogP contribution in [-0.2, 0) is 22.6 Å². The Morgan fingerprint density at radius 3 is 2.52 bits per heavy atom. The molecule has 0 aliphatic heterocycles. The molecule has 0 saturated carbocycles. The van der Waals surface area contributed by atoms with Crippen molar-refractivity contribution in [1.82, 2.24) is 20.6 Å². The van der Waals surface area contributed by atoms with Crippen molar-refractivity contribution in [3.05, 3.63) is 62.0 Å². The van der Waals surface area contributed by atoms with Gasteiger partial charge >= 0.3 is 0 Å². The van der Waals surface area contributed by atoms with Gasteiger partial charge in [-0.25, -0.2) is 4.98 Å².